The van der Waals surface area contributed by atoms with E-state index >= 15 is 0 Å². The molecule has 4 nitrogen and oxygen atoms in total. The molecule has 0 aromatic heterocycles. The van der Waals surface area contributed by atoms with E-state index in [0.717, 1.165) is 11.3 Å². The van der Waals surface area contributed by atoms with Crippen molar-refractivity contribution in [2.75, 3.05) is 23.8 Å². The summed E-state index contributed by atoms with van der Waals surface area (Å²) in [4.78, 5) is 13.4. The van der Waals surface area contributed by atoms with Gasteiger partial charge in [0.05, 0.1) is 12.2 Å². The number of anilines is 2. The van der Waals surface area contributed by atoms with Crippen LogP contribution in [0.4, 0.5) is 15.8 Å². The van der Waals surface area contributed by atoms with Crippen molar-refractivity contribution in [1.82, 2.24) is 0 Å². The van der Waals surface area contributed by atoms with Crippen molar-refractivity contribution < 1.29 is 13.9 Å². The van der Waals surface area contributed by atoms with E-state index in [9.17, 15) is 9.18 Å². The van der Waals surface area contributed by atoms with Gasteiger partial charge in [0.1, 0.15) is 17.7 Å². The molecular weight excluding hydrogens is 295 g/mol. The first-order chi connectivity index (χ1) is 11.1. The van der Waals surface area contributed by atoms with E-state index in [1.807, 2.05) is 24.1 Å². The van der Waals surface area contributed by atoms with Crippen LogP contribution < -0.4 is 15.0 Å². The van der Waals surface area contributed by atoms with Crippen molar-refractivity contribution >= 4 is 17.3 Å². The van der Waals surface area contributed by atoms with Crippen LogP contribution >= 0.6 is 0 Å². The molecule has 2 aromatic rings. The minimum Gasteiger partial charge on any atom is -0.482 e. The second-order valence-corrected chi connectivity index (χ2v) is 5.42. The van der Waals surface area contributed by atoms with E-state index in [2.05, 4.69) is 11.9 Å². The zero-order chi connectivity index (χ0) is 16.4. The van der Waals surface area contributed by atoms with Gasteiger partial charge in [-0.1, -0.05) is 18.7 Å². The highest BCUT2D eigenvalue weighted by molar-refractivity contribution is 5.99. The average Bonchev–Trinajstić information content (AvgIpc) is 2.55. The third kappa shape index (κ3) is 3.18. The van der Waals surface area contributed by atoms with Crippen molar-refractivity contribution in [2.45, 2.75) is 6.10 Å². The van der Waals surface area contributed by atoms with E-state index in [1.54, 1.807) is 18.2 Å². The molecule has 0 fully saturated rings. The van der Waals surface area contributed by atoms with Gasteiger partial charge in [-0.25, -0.2) is 4.39 Å². The summed E-state index contributed by atoms with van der Waals surface area (Å²) < 4.78 is 19.4. The van der Waals surface area contributed by atoms with Crippen LogP contribution in [0.3, 0.4) is 0 Å². The first-order valence-corrected chi connectivity index (χ1v) is 7.27. The predicted molar refractivity (Wildman–Crippen MR) is 88.3 cm³/mol. The molecule has 1 aliphatic heterocycles. The summed E-state index contributed by atoms with van der Waals surface area (Å²) in [5, 5.41) is 2.72. The standard InChI is InChI=1S/C18H17FN2O2/c1-3-18(22)20-14-7-8-16-15(10-14)21(2)11-17(23-16)12-5-4-6-13(19)9-12/h3-10,17H,1,11H2,2H3,(H,20,22). The first-order valence-electron chi connectivity index (χ1n) is 7.27. The molecule has 1 atom stereocenters. The number of nitrogens with zero attached hydrogens (tertiary/aromatic N) is 1. The highest BCUT2D eigenvalue weighted by atomic mass is 19.1. The largest absolute Gasteiger partial charge is 0.482 e. The van der Waals surface area contributed by atoms with Gasteiger partial charge in [-0.05, 0) is 42.0 Å². The van der Waals surface area contributed by atoms with Crippen LogP contribution in [0, 0.1) is 5.82 Å². The number of hydrogen-bond donors (Lipinski definition) is 1. The fourth-order valence-corrected chi connectivity index (χ4v) is 2.60. The van der Waals surface area contributed by atoms with Crippen LogP contribution in [0.15, 0.2) is 55.1 Å². The van der Waals surface area contributed by atoms with Crippen LogP contribution in [0.2, 0.25) is 0 Å². The fourth-order valence-electron chi connectivity index (χ4n) is 2.60. The summed E-state index contributed by atoms with van der Waals surface area (Å²) in [5.74, 6) is 0.161. The highest BCUT2D eigenvalue weighted by Crippen LogP contribution is 2.39. The van der Waals surface area contributed by atoms with Gasteiger partial charge in [0.15, 0.2) is 0 Å². The molecule has 1 aliphatic rings. The minimum atomic E-state index is -0.276. The van der Waals surface area contributed by atoms with Gasteiger partial charge >= 0.3 is 0 Å². The minimum absolute atomic E-state index is 0.239. The first kappa shape index (κ1) is 15.1. The third-order valence-corrected chi connectivity index (χ3v) is 3.75. The fraction of sp³-hybridized carbons (Fsp3) is 0.167. The topological polar surface area (TPSA) is 41.6 Å². The summed E-state index contributed by atoms with van der Waals surface area (Å²) in [6.45, 7) is 4.02. The van der Waals surface area contributed by atoms with Gasteiger partial charge in [-0.2, -0.15) is 0 Å². The number of nitrogens with one attached hydrogen (secondary N) is 1. The predicted octanol–water partition coefficient (Wildman–Crippen LogP) is 3.52. The summed E-state index contributed by atoms with van der Waals surface area (Å²) in [6, 6.07) is 11.8. The molecular formula is C18H17FN2O2. The van der Waals surface area contributed by atoms with Gasteiger partial charge < -0.3 is 15.0 Å². The van der Waals surface area contributed by atoms with E-state index in [0.29, 0.717) is 18.0 Å². The number of carbonyl (C=O) groups is 1. The SMILES string of the molecule is C=CC(=O)Nc1ccc2c(c1)N(C)CC(c1cccc(F)c1)O2. The Balaban J connectivity index is 1.86. The Kier molecular flexibility index (Phi) is 4.02. The molecule has 0 bridgehead atoms. The molecule has 1 unspecified atom stereocenters. The number of halogens is 1. The Bertz CT molecular complexity index is 760. The van der Waals surface area contributed by atoms with Crippen molar-refractivity contribution in [2.24, 2.45) is 0 Å². The zero-order valence-corrected chi connectivity index (χ0v) is 12.8. The zero-order valence-electron chi connectivity index (χ0n) is 12.8. The van der Waals surface area contributed by atoms with E-state index in [-0.39, 0.29) is 17.8 Å². The number of benzene rings is 2. The van der Waals surface area contributed by atoms with Crippen LogP contribution in [-0.4, -0.2) is 19.5 Å². The van der Waals surface area contributed by atoms with Crippen molar-refractivity contribution in [3.05, 3.63) is 66.5 Å². The Hall–Kier alpha value is -2.82. The molecule has 23 heavy (non-hydrogen) atoms. The third-order valence-electron chi connectivity index (χ3n) is 3.75. The molecule has 3 rings (SSSR count). The number of rotatable bonds is 3. The van der Waals surface area contributed by atoms with Crippen molar-refractivity contribution in [3.63, 3.8) is 0 Å². The van der Waals surface area contributed by atoms with Crippen molar-refractivity contribution in [1.29, 1.82) is 0 Å². The maximum Gasteiger partial charge on any atom is 0.247 e. The molecule has 118 valence electrons. The van der Waals surface area contributed by atoms with E-state index < -0.39 is 0 Å². The molecule has 0 radical (unpaired) electrons. The van der Waals surface area contributed by atoms with Gasteiger partial charge in [0.25, 0.3) is 0 Å². The van der Waals surface area contributed by atoms with Crippen molar-refractivity contribution in [3.8, 4) is 5.75 Å². The number of likely N-dealkylation sites (N-methyl/N-ethyl adjacent to an activating group) is 1. The molecule has 0 saturated carbocycles. The summed E-state index contributed by atoms with van der Waals surface area (Å²) >= 11 is 0. The maximum atomic E-state index is 13.4. The van der Waals surface area contributed by atoms with Gasteiger partial charge in [0, 0.05) is 12.7 Å². The van der Waals surface area contributed by atoms with E-state index in [1.165, 1.54) is 18.2 Å². The number of fused-ring (bicyclic) bond motifs is 1. The van der Waals surface area contributed by atoms with Crippen LogP contribution in [-0.2, 0) is 4.79 Å². The van der Waals surface area contributed by atoms with Crippen LogP contribution in [0.25, 0.3) is 0 Å². The molecule has 5 heteroatoms. The summed E-state index contributed by atoms with van der Waals surface area (Å²) in [6.07, 6.45) is 0.983. The molecule has 2 aromatic carbocycles. The number of amides is 1. The van der Waals surface area contributed by atoms with Gasteiger partial charge in [-0.3, -0.25) is 4.79 Å². The Morgan fingerprint density at radius 1 is 1.39 bits per heavy atom. The molecule has 1 heterocycles. The molecule has 1 amide bonds. The Labute approximate surface area is 134 Å². The van der Waals surface area contributed by atoms with Gasteiger partial charge in [-0.15, -0.1) is 0 Å². The number of carbonyl (C=O) groups excluding carboxylic acids is 1. The lowest BCUT2D eigenvalue weighted by atomic mass is 10.1. The second-order valence-electron chi connectivity index (χ2n) is 5.42. The quantitative estimate of drug-likeness (QED) is 0.882. The summed E-state index contributed by atoms with van der Waals surface area (Å²) in [7, 11) is 1.94. The smallest absolute Gasteiger partial charge is 0.247 e. The molecule has 0 spiro atoms. The lowest BCUT2D eigenvalue weighted by Crippen LogP contribution is -2.32. The lowest BCUT2D eigenvalue weighted by molar-refractivity contribution is -0.111. The van der Waals surface area contributed by atoms with E-state index in [4.69, 9.17) is 4.74 Å². The number of hydrogen-bond acceptors (Lipinski definition) is 3. The maximum absolute atomic E-state index is 13.4. The Morgan fingerprint density at radius 3 is 2.96 bits per heavy atom. The van der Waals surface area contributed by atoms with Gasteiger partial charge in [0.2, 0.25) is 5.91 Å². The molecule has 0 aliphatic carbocycles. The highest BCUT2D eigenvalue weighted by Gasteiger charge is 2.25. The van der Waals surface area contributed by atoms with Crippen LogP contribution in [0.5, 0.6) is 5.75 Å². The summed E-state index contributed by atoms with van der Waals surface area (Å²) in [5.41, 5.74) is 2.35. The monoisotopic (exact) mass is 312 g/mol. The van der Waals surface area contributed by atoms with Crippen LogP contribution in [0.1, 0.15) is 11.7 Å². The normalized spacial score (nSPS) is 16.3. The number of ether oxygens (including phenoxy) is 1. The Morgan fingerprint density at radius 2 is 2.22 bits per heavy atom. The molecule has 1 N–H and O–H groups in total. The lowest BCUT2D eigenvalue weighted by Gasteiger charge is -2.34. The average molecular weight is 312 g/mol. The molecule has 0 saturated heterocycles. The second kappa shape index (κ2) is 6.12.